The molecule has 8 heteroatoms. The fourth-order valence-corrected chi connectivity index (χ4v) is 0.716. The molecule has 0 aliphatic carbocycles. The minimum Gasteiger partial charge on any atom is -0.295 e. The third-order valence-corrected chi connectivity index (χ3v) is 1.31. The van der Waals surface area contributed by atoms with Crippen molar-refractivity contribution in [2.75, 3.05) is 5.32 Å². The Morgan fingerprint density at radius 2 is 2.29 bits per heavy atom. The maximum absolute atomic E-state index is 11.7. The van der Waals surface area contributed by atoms with E-state index < -0.39 is 24.9 Å². The number of nitrogens with zero attached hydrogens (tertiary/aromatic N) is 2. The number of amides is 1. The molecule has 0 aliphatic heterocycles. The second kappa shape index (κ2) is 4.07. The van der Waals surface area contributed by atoms with Gasteiger partial charge in [-0.05, 0) is 0 Å². The average Bonchev–Trinajstić information content (AvgIpc) is 2.52. The van der Waals surface area contributed by atoms with E-state index in [4.69, 9.17) is 0 Å². The van der Waals surface area contributed by atoms with Crippen LogP contribution in [0.4, 0.5) is 19.1 Å². The first-order valence-corrected chi connectivity index (χ1v) is 3.69. The van der Waals surface area contributed by atoms with Gasteiger partial charge in [0.1, 0.15) is 6.33 Å². The van der Waals surface area contributed by atoms with E-state index in [1.54, 1.807) is 0 Å². The van der Waals surface area contributed by atoms with E-state index in [1.807, 2.05) is 0 Å². The average molecular weight is 208 g/mol. The number of H-pyrrole nitrogens is 1. The van der Waals surface area contributed by atoms with Crippen molar-refractivity contribution in [2.45, 2.75) is 19.0 Å². The Bertz CT molecular complexity index is 295. The summed E-state index contributed by atoms with van der Waals surface area (Å²) in [5.74, 6) is -0.712. The predicted octanol–water partition coefficient (Wildman–Crippen LogP) is 1.09. The molecule has 0 aromatic carbocycles. The van der Waals surface area contributed by atoms with Gasteiger partial charge in [-0.3, -0.25) is 10.1 Å². The first kappa shape index (κ1) is 10.5. The van der Waals surface area contributed by atoms with Crippen LogP contribution in [0.3, 0.4) is 0 Å². The maximum Gasteiger partial charge on any atom is 0.389 e. The van der Waals surface area contributed by atoms with Gasteiger partial charge < -0.3 is 0 Å². The van der Waals surface area contributed by atoms with Crippen LogP contribution in [-0.4, -0.2) is 27.3 Å². The summed E-state index contributed by atoms with van der Waals surface area (Å²) in [5.41, 5.74) is 0. The first-order valence-electron chi connectivity index (χ1n) is 3.69. The molecule has 0 saturated heterocycles. The summed E-state index contributed by atoms with van der Waals surface area (Å²) in [5, 5.41) is 7.83. The van der Waals surface area contributed by atoms with Crippen molar-refractivity contribution in [1.82, 2.24) is 15.2 Å². The van der Waals surface area contributed by atoms with Crippen molar-refractivity contribution in [1.29, 1.82) is 0 Å². The van der Waals surface area contributed by atoms with Gasteiger partial charge in [0.2, 0.25) is 11.9 Å². The lowest BCUT2D eigenvalue weighted by molar-refractivity contribution is -0.142. The monoisotopic (exact) mass is 208 g/mol. The summed E-state index contributed by atoms with van der Waals surface area (Å²) >= 11 is 0. The highest BCUT2D eigenvalue weighted by atomic mass is 19.4. The summed E-state index contributed by atoms with van der Waals surface area (Å²) in [6.45, 7) is 0. The van der Waals surface area contributed by atoms with E-state index in [-0.39, 0.29) is 5.95 Å². The molecule has 0 aliphatic rings. The quantitative estimate of drug-likeness (QED) is 0.780. The van der Waals surface area contributed by atoms with Gasteiger partial charge in [-0.1, -0.05) is 0 Å². The highest BCUT2D eigenvalue weighted by Gasteiger charge is 2.27. The van der Waals surface area contributed by atoms with Crippen molar-refractivity contribution in [3.63, 3.8) is 0 Å². The number of anilines is 1. The molecule has 1 amide bonds. The fraction of sp³-hybridized carbons (Fsp3) is 0.500. The Morgan fingerprint density at radius 3 is 2.79 bits per heavy atom. The molecule has 14 heavy (non-hydrogen) atoms. The zero-order valence-corrected chi connectivity index (χ0v) is 6.93. The number of aromatic amines is 1. The molecule has 0 spiro atoms. The van der Waals surface area contributed by atoms with E-state index in [9.17, 15) is 18.0 Å². The number of rotatable bonds is 3. The SMILES string of the molecule is O=C(CCC(F)(F)F)Nc1ncn[nH]1. The highest BCUT2D eigenvalue weighted by Crippen LogP contribution is 2.21. The molecule has 0 saturated carbocycles. The van der Waals surface area contributed by atoms with Crippen LogP contribution in [0.25, 0.3) is 0 Å². The van der Waals surface area contributed by atoms with Gasteiger partial charge in [0.15, 0.2) is 0 Å². The molecule has 0 radical (unpaired) electrons. The van der Waals surface area contributed by atoms with Crippen molar-refractivity contribution in [3.8, 4) is 0 Å². The number of alkyl halides is 3. The molecule has 0 bridgehead atoms. The molecule has 78 valence electrons. The molecule has 0 unspecified atom stereocenters. The number of aromatic nitrogens is 3. The molecule has 1 rings (SSSR count). The molecule has 1 heterocycles. The number of halogens is 3. The highest BCUT2D eigenvalue weighted by molar-refractivity contribution is 5.88. The van der Waals surface area contributed by atoms with Gasteiger partial charge in [0.25, 0.3) is 0 Å². The van der Waals surface area contributed by atoms with Gasteiger partial charge in [0.05, 0.1) is 6.42 Å². The van der Waals surface area contributed by atoms with E-state index in [2.05, 4.69) is 20.5 Å². The summed E-state index contributed by atoms with van der Waals surface area (Å²) in [6.07, 6.45) is -4.95. The Kier molecular flexibility index (Phi) is 3.05. The Balaban J connectivity index is 2.30. The van der Waals surface area contributed by atoms with Crippen molar-refractivity contribution < 1.29 is 18.0 Å². The van der Waals surface area contributed by atoms with E-state index in [1.165, 1.54) is 0 Å². The number of carbonyl (C=O) groups is 1. The van der Waals surface area contributed by atoms with Crippen LogP contribution in [0.2, 0.25) is 0 Å². The summed E-state index contributed by atoms with van der Waals surface area (Å²) in [6, 6.07) is 0. The topological polar surface area (TPSA) is 70.7 Å². The number of nitrogens with one attached hydrogen (secondary N) is 2. The smallest absolute Gasteiger partial charge is 0.295 e. The lowest BCUT2D eigenvalue weighted by atomic mass is 10.3. The lowest BCUT2D eigenvalue weighted by Crippen LogP contribution is -2.17. The van der Waals surface area contributed by atoms with E-state index in [0.717, 1.165) is 6.33 Å². The van der Waals surface area contributed by atoms with Crippen LogP contribution >= 0.6 is 0 Å². The normalized spacial score (nSPS) is 11.4. The van der Waals surface area contributed by atoms with Crippen LogP contribution in [0.1, 0.15) is 12.8 Å². The zero-order valence-electron chi connectivity index (χ0n) is 6.93. The lowest BCUT2D eigenvalue weighted by Gasteiger charge is -2.04. The van der Waals surface area contributed by atoms with Crippen LogP contribution in [-0.2, 0) is 4.79 Å². The van der Waals surface area contributed by atoms with Crippen LogP contribution in [0.15, 0.2) is 6.33 Å². The number of hydrogen-bond acceptors (Lipinski definition) is 3. The molecular formula is C6H7F3N4O. The Hall–Kier alpha value is -1.60. The van der Waals surface area contributed by atoms with Gasteiger partial charge in [-0.2, -0.15) is 23.3 Å². The predicted molar refractivity (Wildman–Crippen MR) is 40.3 cm³/mol. The summed E-state index contributed by atoms with van der Waals surface area (Å²) < 4.78 is 35.0. The molecule has 0 atom stereocenters. The third-order valence-electron chi connectivity index (χ3n) is 1.31. The summed E-state index contributed by atoms with van der Waals surface area (Å²) in [4.78, 5) is 14.4. The van der Waals surface area contributed by atoms with Crippen molar-refractivity contribution >= 4 is 11.9 Å². The number of hydrogen-bond donors (Lipinski definition) is 2. The van der Waals surface area contributed by atoms with Gasteiger partial charge in [0, 0.05) is 6.42 Å². The molecule has 0 fully saturated rings. The van der Waals surface area contributed by atoms with Crippen LogP contribution < -0.4 is 5.32 Å². The Morgan fingerprint density at radius 1 is 1.57 bits per heavy atom. The molecular weight excluding hydrogens is 201 g/mol. The molecule has 5 nitrogen and oxygen atoms in total. The van der Waals surface area contributed by atoms with E-state index in [0.29, 0.717) is 0 Å². The summed E-state index contributed by atoms with van der Waals surface area (Å²) in [7, 11) is 0. The van der Waals surface area contributed by atoms with Crippen LogP contribution in [0, 0.1) is 0 Å². The Labute approximate surface area is 76.7 Å². The van der Waals surface area contributed by atoms with Crippen LogP contribution in [0.5, 0.6) is 0 Å². The van der Waals surface area contributed by atoms with Crippen molar-refractivity contribution in [3.05, 3.63) is 6.33 Å². The first-order chi connectivity index (χ1) is 6.47. The van der Waals surface area contributed by atoms with Gasteiger partial charge in [-0.15, -0.1) is 0 Å². The van der Waals surface area contributed by atoms with Gasteiger partial charge >= 0.3 is 6.18 Å². The maximum atomic E-state index is 11.7. The minimum absolute atomic E-state index is 0.0391. The minimum atomic E-state index is -4.32. The second-order valence-corrected chi connectivity index (χ2v) is 2.50. The number of carbonyl (C=O) groups excluding carboxylic acids is 1. The van der Waals surface area contributed by atoms with Crippen molar-refractivity contribution in [2.24, 2.45) is 0 Å². The van der Waals surface area contributed by atoms with E-state index >= 15 is 0 Å². The molecule has 1 aromatic heterocycles. The standard InChI is InChI=1S/C6H7F3N4O/c7-6(8,9)2-1-4(14)12-5-10-3-11-13-5/h3H,1-2H2,(H2,10,11,12,13,14). The zero-order chi connectivity index (χ0) is 10.6. The second-order valence-electron chi connectivity index (χ2n) is 2.50. The molecule has 1 aromatic rings. The largest absolute Gasteiger partial charge is 0.389 e. The fourth-order valence-electron chi connectivity index (χ4n) is 0.716. The third kappa shape index (κ3) is 3.87. The molecule has 2 N–H and O–H groups in total. The van der Waals surface area contributed by atoms with Gasteiger partial charge in [-0.25, -0.2) is 5.10 Å².